The lowest BCUT2D eigenvalue weighted by molar-refractivity contribution is -0.127. The van der Waals surface area contributed by atoms with Crippen molar-refractivity contribution in [3.8, 4) is 11.5 Å². The molecule has 1 saturated heterocycles. The summed E-state index contributed by atoms with van der Waals surface area (Å²) in [7, 11) is 0. The first-order valence-electron chi connectivity index (χ1n) is 12.8. The van der Waals surface area contributed by atoms with E-state index in [-0.39, 0.29) is 18.2 Å². The average molecular weight is 621 g/mol. The van der Waals surface area contributed by atoms with Crippen LogP contribution in [0.3, 0.4) is 0 Å². The van der Waals surface area contributed by atoms with Gasteiger partial charge in [0.2, 0.25) is 5.91 Å². The number of rotatable bonds is 10. The Morgan fingerprint density at radius 3 is 2.32 bits per heavy atom. The van der Waals surface area contributed by atoms with Gasteiger partial charge in [0.1, 0.15) is 12.2 Å². The predicted octanol–water partition coefficient (Wildman–Crippen LogP) is 5.01. The van der Waals surface area contributed by atoms with Crippen molar-refractivity contribution in [2.45, 2.75) is 20.8 Å². The predicted molar refractivity (Wildman–Crippen MR) is 159 cm³/mol. The van der Waals surface area contributed by atoms with Gasteiger partial charge in [0.05, 0.1) is 6.61 Å². The van der Waals surface area contributed by atoms with E-state index in [4.69, 9.17) is 9.47 Å². The second kappa shape index (κ2) is 13.1. The molecular formula is C30H29BrN4O6. The molecular weight excluding hydrogens is 592 g/mol. The maximum atomic E-state index is 13.0. The Hall–Kier alpha value is -4.64. The van der Waals surface area contributed by atoms with Gasteiger partial charge in [0, 0.05) is 15.8 Å². The quantitative estimate of drug-likeness (QED) is 0.216. The van der Waals surface area contributed by atoms with E-state index in [1.807, 2.05) is 32.0 Å². The largest absolute Gasteiger partial charge is 0.490 e. The van der Waals surface area contributed by atoms with Crippen LogP contribution in [0, 0.1) is 13.8 Å². The lowest BCUT2D eigenvalue weighted by atomic mass is 10.1. The van der Waals surface area contributed by atoms with Crippen molar-refractivity contribution < 1.29 is 28.7 Å². The maximum Gasteiger partial charge on any atom is 0.329 e. The van der Waals surface area contributed by atoms with Gasteiger partial charge in [0.25, 0.3) is 11.8 Å². The molecule has 3 N–H and O–H groups in total. The third-order valence-electron chi connectivity index (χ3n) is 5.92. The van der Waals surface area contributed by atoms with E-state index < -0.39 is 24.4 Å². The molecule has 0 radical (unpaired) electrons. The molecule has 11 heteroatoms. The fourth-order valence-corrected chi connectivity index (χ4v) is 4.39. The molecule has 0 aromatic heterocycles. The van der Waals surface area contributed by atoms with Crippen LogP contribution in [-0.4, -0.2) is 48.4 Å². The molecule has 4 rings (SSSR count). The SMILES string of the molecule is CCOc1cc(/C=C2/NC(=O)N(CC(=O)Nc3cccc(C)c3)C2=O)c(Br)cc1OCC(=O)Nc1ccc(C)cc1. The number of nitrogens with one attached hydrogen (secondary N) is 3. The Morgan fingerprint density at radius 1 is 0.902 bits per heavy atom. The summed E-state index contributed by atoms with van der Waals surface area (Å²) in [5.74, 6) is -0.835. The van der Waals surface area contributed by atoms with Crippen LogP contribution in [-0.2, 0) is 14.4 Å². The number of halogens is 1. The molecule has 0 spiro atoms. The van der Waals surface area contributed by atoms with Gasteiger partial charge in [-0.05, 0) is 74.4 Å². The van der Waals surface area contributed by atoms with Crippen molar-refractivity contribution in [3.63, 3.8) is 0 Å². The molecule has 3 aromatic carbocycles. The van der Waals surface area contributed by atoms with Gasteiger partial charge in [-0.3, -0.25) is 14.4 Å². The first kappa shape index (κ1) is 29.3. The van der Waals surface area contributed by atoms with Crippen LogP contribution in [0.15, 0.2) is 70.8 Å². The standard InChI is InChI=1S/C30H29BrN4O6/c1-4-40-25-14-20(23(31)15-26(25)41-17-28(37)32-21-10-8-18(2)9-11-21)13-24-29(38)35(30(39)34-24)16-27(36)33-22-7-5-6-19(3)12-22/h5-15H,4,16-17H2,1-3H3,(H,32,37)(H,33,36)(H,34,39)/b24-13+. The highest BCUT2D eigenvalue weighted by molar-refractivity contribution is 9.10. The fourth-order valence-electron chi connectivity index (χ4n) is 3.96. The van der Waals surface area contributed by atoms with E-state index >= 15 is 0 Å². The second-order valence-corrected chi connectivity index (χ2v) is 10.1. The number of nitrogens with zero attached hydrogens (tertiary/aromatic N) is 1. The lowest BCUT2D eigenvalue weighted by Crippen LogP contribution is -2.38. The molecule has 5 amide bonds. The first-order chi connectivity index (χ1) is 19.6. The summed E-state index contributed by atoms with van der Waals surface area (Å²) >= 11 is 3.46. The summed E-state index contributed by atoms with van der Waals surface area (Å²) in [6.45, 7) is 5.27. The normalized spacial score (nSPS) is 13.7. The van der Waals surface area contributed by atoms with Crippen LogP contribution in [0.4, 0.5) is 16.2 Å². The Morgan fingerprint density at radius 2 is 1.61 bits per heavy atom. The Bertz CT molecular complexity index is 1520. The number of aryl methyl sites for hydroxylation is 2. The van der Waals surface area contributed by atoms with Crippen molar-refractivity contribution in [1.82, 2.24) is 10.2 Å². The van der Waals surface area contributed by atoms with E-state index in [0.717, 1.165) is 16.0 Å². The van der Waals surface area contributed by atoms with Crippen molar-refractivity contribution in [3.05, 3.63) is 87.5 Å². The Kier molecular flexibility index (Phi) is 9.41. The van der Waals surface area contributed by atoms with E-state index in [1.165, 1.54) is 6.08 Å². The maximum absolute atomic E-state index is 13.0. The monoisotopic (exact) mass is 620 g/mol. The number of amides is 5. The molecule has 0 saturated carbocycles. The van der Waals surface area contributed by atoms with Gasteiger partial charge in [-0.25, -0.2) is 9.69 Å². The number of ether oxygens (including phenoxy) is 2. The Balaban J connectivity index is 1.44. The highest BCUT2D eigenvalue weighted by atomic mass is 79.9. The minimum Gasteiger partial charge on any atom is -0.490 e. The van der Waals surface area contributed by atoms with Crippen LogP contribution in [0.25, 0.3) is 6.08 Å². The molecule has 41 heavy (non-hydrogen) atoms. The third kappa shape index (κ3) is 7.73. The minimum absolute atomic E-state index is 0.00681. The first-order valence-corrected chi connectivity index (χ1v) is 13.6. The van der Waals surface area contributed by atoms with E-state index in [2.05, 4.69) is 31.9 Å². The average Bonchev–Trinajstić information content (AvgIpc) is 3.18. The summed E-state index contributed by atoms with van der Waals surface area (Å²) in [5, 5.41) is 7.97. The van der Waals surface area contributed by atoms with E-state index in [9.17, 15) is 19.2 Å². The van der Waals surface area contributed by atoms with Gasteiger partial charge >= 0.3 is 6.03 Å². The highest BCUT2D eigenvalue weighted by Crippen LogP contribution is 2.35. The van der Waals surface area contributed by atoms with E-state index in [1.54, 1.807) is 49.4 Å². The highest BCUT2D eigenvalue weighted by Gasteiger charge is 2.35. The van der Waals surface area contributed by atoms with Gasteiger partial charge in [-0.1, -0.05) is 45.8 Å². The van der Waals surface area contributed by atoms with Crippen LogP contribution in [0.1, 0.15) is 23.6 Å². The number of anilines is 2. The van der Waals surface area contributed by atoms with Gasteiger partial charge < -0.3 is 25.4 Å². The molecule has 10 nitrogen and oxygen atoms in total. The van der Waals surface area contributed by atoms with Crippen molar-refractivity contribution in [1.29, 1.82) is 0 Å². The fraction of sp³-hybridized carbons (Fsp3) is 0.200. The number of benzene rings is 3. The Labute approximate surface area is 245 Å². The van der Waals surface area contributed by atoms with Gasteiger partial charge in [-0.2, -0.15) is 0 Å². The van der Waals surface area contributed by atoms with Gasteiger partial charge in [0.15, 0.2) is 18.1 Å². The summed E-state index contributed by atoms with van der Waals surface area (Å²) < 4.78 is 12.0. The summed E-state index contributed by atoms with van der Waals surface area (Å²) in [4.78, 5) is 51.2. The molecule has 1 fully saturated rings. The zero-order chi connectivity index (χ0) is 29.5. The molecule has 0 aliphatic carbocycles. The van der Waals surface area contributed by atoms with Crippen molar-refractivity contribution in [2.24, 2.45) is 0 Å². The number of carbonyl (C=O) groups is 4. The minimum atomic E-state index is -0.707. The summed E-state index contributed by atoms with van der Waals surface area (Å²) in [6, 6.07) is 17.1. The van der Waals surface area contributed by atoms with Crippen LogP contribution in [0.2, 0.25) is 0 Å². The topological polar surface area (TPSA) is 126 Å². The van der Waals surface area contributed by atoms with Crippen molar-refractivity contribution in [2.75, 3.05) is 30.4 Å². The number of hydrogen-bond donors (Lipinski definition) is 3. The molecule has 1 aliphatic rings. The summed E-state index contributed by atoms with van der Waals surface area (Å²) in [5.41, 5.74) is 3.77. The van der Waals surface area contributed by atoms with Crippen molar-refractivity contribution >= 4 is 57.1 Å². The molecule has 212 valence electrons. The van der Waals surface area contributed by atoms with Gasteiger partial charge in [-0.15, -0.1) is 0 Å². The van der Waals surface area contributed by atoms with Crippen LogP contribution in [0.5, 0.6) is 11.5 Å². The molecule has 0 unspecified atom stereocenters. The number of carbonyl (C=O) groups excluding carboxylic acids is 4. The number of hydrogen-bond acceptors (Lipinski definition) is 6. The van der Waals surface area contributed by atoms with Crippen LogP contribution >= 0.6 is 15.9 Å². The molecule has 1 aliphatic heterocycles. The van der Waals surface area contributed by atoms with E-state index in [0.29, 0.717) is 39.5 Å². The van der Waals surface area contributed by atoms with Crippen LogP contribution < -0.4 is 25.4 Å². The molecule has 0 bridgehead atoms. The smallest absolute Gasteiger partial charge is 0.329 e. The molecule has 3 aromatic rings. The lowest BCUT2D eigenvalue weighted by Gasteiger charge is -2.14. The number of imide groups is 1. The molecule has 0 atom stereocenters. The number of urea groups is 1. The zero-order valence-electron chi connectivity index (χ0n) is 22.7. The summed E-state index contributed by atoms with van der Waals surface area (Å²) in [6.07, 6.45) is 1.47. The second-order valence-electron chi connectivity index (χ2n) is 9.25. The molecule has 1 heterocycles. The zero-order valence-corrected chi connectivity index (χ0v) is 24.3. The third-order valence-corrected chi connectivity index (χ3v) is 6.61.